The summed E-state index contributed by atoms with van der Waals surface area (Å²) >= 11 is 15.1. The van der Waals surface area contributed by atoms with Gasteiger partial charge in [-0.3, -0.25) is 9.98 Å². The lowest BCUT2D eigenvalue weighted by Crippen LogP contribution is -2.41. The van der Waals surface area contributed by atoms with Crippen molar-refractivity contribution in [3.8, 4) is 23.0 Å². The van der Waals surface area contributed by atoms with E-state index in [-0.39, 0.29) is 18.7 Å². The maximum Gasteiger partial charge on any atom is 0.334 e. The van der Waals surface area contributed by atoms with Crippen molar-refractivity contribution in [1.29, 1.82) is 1.28 Å². The molecule has 0 N–H and O–H groups in total. The zero-order valence-corrected chi connectivity index (χ0v) is 39.0. The molecule has 3 atom stereocenters. The van der Waals surface area contributed by atoms with Crippen molar-refractivity contribution in [3.05, 3.63) is 117 Å². The van der Waals surface area contributed by atoms with Gasteiger partial charge in [0.05, 0.1) is 1.28 Å². The molecular weight excluding hydrogens is 878 g/mol. The maximum atomic E-state index is 13.0. The number of rotatable bonds is 9. The van der Waals surface area contributed by atoms with Crippen LogP contribution in [0.4, 0.5) is 0 Å². The van der Waals surface area contributed by atoms with Crippen LogP contribution >= 0.6 is 48.3 Å². The molecule has 4 aromatic carbocycles. The number of hydrogen-bond donors (Lipinski definition) is 0. The van der Waals surface area contributed by atoms with Crippen LogP contribution in [0.25, 0.3) is 0 Å². The van der Waals surface area contributed by atoms with E-state index in [0.717, 1.165) is 33.5 Å². The van der Waals surface area contributed by atoms with Crippen molar-refractivity contribution in [1.82, 2.24) is 0 Å². The first-order valence-corrected chi connectivity index (χ1v) is 21.6. The van der Waals surface area contributed by atoms with E-state index in [2.05, 4.69) is 25.9 Å². The molecule has 10 nitrogen and oxygen atoms in total. The van der Waals surface area contributed by atoms with Gasteiger partial charge in [-0.2, -0.15) is 0 Å². The van der Waals surface area contributed by atoms with E-state index in [1.54, 1.807) is 50.5 Å². The van der Waals surface area contributed by atoms with Gasteiger partial charge in [0.1, 0.15) is 17.2 Å². The third kappa shape index (κ3) is 17.2. The Hall–Kier alpha value is -4.15. The Morgan fingerprint density at radius 3 is 1.66 bits per heavy atom. The molecule has 4 aromatic rings. The molecule has 6 rings (SSSR count). The minimum Gasteiger partial charge on any atom is -0.458 e. The fourth-order valence-electron chi connectivity index (χ4n) is 4.99. The van der Waals surface area contributed by atoms with Crippen LogP contribution in [-0.2, 0) is 30.8 Å². The Labute approximate surface area is 370 Å². The summed E-state index contributed by atoms with van der Waals surface area (Å²) in [7, 11) is 0.333. The number of carbonyl (C=O) groups excluding carboxylic acids is 2. The number of halogens is 3. The standard InChI is InChI=1S/C22H24ClNO4.C14H18ClNO2.C8H7BrO2.CH5P/c1-21(2,3)28-20(25)22(4,24-13-15-5-8-17(23)9-6-15)12-16-7-10-18-19(11-16)27-14-26-18;1-10(13(17)18-14(2,3)4)16-9-11-5-7-12(15)8-6-11;9-4-6-1-2-7-8(3-6)11-5-10-7;1-2/h5-11,13H,12,14H2,1-4H3;5-10H,1-4H3;1-3H,4-5H2;2H2,1H3/t22-;;;/m0.../s1/i;;;2T. The van der Waals surface area contributed by atoms with E-state index >= 15 is 0 Å². The Kier molecular flexibility index (Phi) is 18.5. The van der Waals surface area contributed by atoms with Crippen molar-refractivity contribution >= 4 is 72.7 Å². The number of carbonyl (C=O) groups is 2. The molecule has 2 heterocycles. The second-order valence-electron chi connectivity index (χ2n) is 15.3. The number of nitrogens with zero attached hydrogens (tertiary/aromatic N) is 2. The first-order chi connectivity index (χ1) is 28.2. The summed E-state index contributed by atoms with van der Waals surface area (Å²) in [5, 5.41) is 2.17. The van der Waals surface area contributed by atoms with Crippen LogP contribution in [0, 0.1) is 0 Å². The molecule has 0 amide bonds. The second-order valence-corrected chi connectivity index (χ2v) is 16.7. The molecule has 0 bridgehead atoms. The summed E-state index contributed by atoms with van der Waals surface area (Å²) in [6.07, 6.45) is 3.68. The molecule has 0 radical (unpaired) electrons. The normalized spacial score (nSPS) is 14.5. The van der Waals surface area contributed by atoms with Gasteiger partial charge in [0.15, 0.2) is 28.5 Å². The molecular formula is C45H54BrCl2N2O8P. The van der Waals surface area contributed by atoms with Gasteiger partial charge in [-0.1, -0.05) is 82.2 Å². The summed E-state index contributed by atoms with van der Waals surface area (Å²) in [6, 6.07) is 25.6. The first kappa shape index (κ1) is 47.5. The summed E-state index contributed by atoms with van der Waals surface area (Å²) in [4.78, 5) is 33.4. The molecule has 0 aliphatic carbocycles. The average Bonchev–Trinajstić information content (AvgIpc) is 3.86. The van der Waals surface area contributed by atoms with Gasteiger partial charge in [-0.25, -0.2) is 9.59 Å². The highest BCUT2D eigenvalue weighted by atomic mass is 79.9. The molecule has 2 aliphatic rings. The SMILES string of the molecule is BrCc1ccc2c(c1)OCO2.CC(C)(C)OC(=O)[C@](C)(Cc1ccc2c(c1)OCO2)N=Cc1ccc(Cl)cc1.CC(N=Cc1ccc(Cl)cc1)C(=O)OC(C)(C)C.[3H]PC. The van der Waals surface area contributed by atoms with E-state index in [4.69, 9.17) is 52.9 Å². The zero-order valence-electron chi connectivity index (χ0n) is 35.9. The summed E-state index contributed by atoms with van der Waals surface area (Å²) < 4.78 is 38.3. The van der Waals surface area contributed by atoms with Crippen molar-refractivity contribution in [2.45, 2.75) is 89.9 Å². The number of hydrogen-bond acceptors (Lipinski definition) is 10. The van der Waals surface area contributed by atoms with Crippen LogP contribution in [-0.4, -0.2) is 68.7 Å². The highest BCUT2D eigenvalue weighted by Gasteiger charge is 2.37. The summed E-state index contributed by atoms with van der Waals surface area (Å²) in [5.41, 5.74) is 1.67. The van der Waals surface area contributed by atoms with Crippen molar-refractivity contribution in [2.24, 2.45) is 9.98 Å². The van der Waals surface area contributed by atoms with Crippen LogP contribution in [0.1, 0.15) is 77.6 Å². The maximum absolute atomic E-state index is 13.0. The van der Waals surface area contributed by atoms with Gasteiger partial charge in [0.2, 0.25) is 13.6 Å². The molecule has 0 fully saturated rings. The van der Waals surface area contributed by atoms with E-state index < -0.39 is 22.8 Å². The third-order valence-corrected chi connectivity index (χ3v) is 9.00. The first-order valence-electron chi connectivity index (χ1n) is 19.2. The predicted octanol–water partition coefficient (Wildman–Crippen LogP) is 11.1. The lowest BCUT2D eigenvalue weighted by atomic mass is 9.92. The average molecular weight is 935 g/mol. The van der Waals surface area contributed by atoms with Crippen molar-refractivity contribution in [3.63, 3.8) is 0 Å². The Morgan fingerprint density at radius 2 is 1.19 bits per heavy atom. The lowest BCUT2D eigenvalue weighted by Gasteiger charge is -2.28. The largest absolute Gasteiger partial charge is 0.458 e. The fraction of sp³-hybridized carbons (Fsp3) is 0.378. The summed E-state index contributed by atoms with van der Waals surface area (Å²) in [5.74, 6) is 2.35. The van der Waals surface area contributed by atoms with Crippen molar-refractivity contribution in [2.75, 3.05) is 20.3 Å². The number of fused-ring (bicyclic) bond motifs is 2. The Morgan fingerprint density at radius 1 is 0.746 bits per heavy atom. The minimum absolute atomic E-state index is 0.205. The van der Waals surface area contributed by atoms with Gasteiger partial charge >= 0.3 is 11.9 Å². The van der Waals surface area contributed by atoms with Gasteiger partial charge < -0.3 is 28.4 Å². The van der Waals surface area contributed by atoms with Crippen LogP contribution in [0.15, 0.2) is 94.9 Å². The molecule has 59 heavy (non-hydrogen) atoms. The quantitative estimate of drug-likeness (QED) is 0.0705. The molecule has 0 spiro atoms. The third-order valence-electron chi connectivity index (χ3n) is 7.85. The van der Waals surface area contributed by atoms with Crippen LogP contribution in [0.3, 0.4) is 0 Å². The smallest absolute Gasteiger partial charge is 0.334 e. The molecule has 0 saturated carbocycles. The van der Waals surface area contributed by atoms with E-state index in [9.17, 15) is 9.59 Å². The summed E-state index contributed by atoms with van der Waals surface area (Å²) in [6.45, 7) is 16.9. The highest BCUT2D eigenvalue weighted by molar-refractivity contribution is 9.08. The minimum atomic E-state index is -1.10. The second kappa shape index (κ2) is 23.0. The van der Waals surface area contributed by atoms with Crippen LogP contribution in [0.2, 0.25) is 10.0 Å². The molecule has 318 valence electrons. The highest BCUT2D eigenvalue weighted by Crippen LogP contribution is 2.35. The van der Waals surface area contributed by atoms with Gasteiger partial charge in [0.25, 0.3) is 0 Å². The molecule has 14 heteroatoms. The van der Waals surface area contributed by atoms with Gasteiger partial charge in [0, 0.05) is 34.2 Å². The predicted molar refractivity (Wildman–Crippen MR) is 245 cm³/mol. The topological polar surface area (TPSA) is 114 Å². The van der Waals surface area contributed by atoms with Gasteiger partial charge in [-0.05, 0) is 126 Å². The van der Waals surface area contributed by atoms with Crippen molar-refractivity contribution < 1.29 is 38.0 Å². The van der Waals surface area contributed by atoms with E-state index in [1.165, 1.54) is 5.56 Å². The lowest BCUT2D eigenvalue weighted by molar-refractivity contribution is -0.161. The number of aliphatic imine (C=N–C) groups is 2. The molecule has 0 saturated heterocycles. The van der Waals surface area contributed by atoms with E-state index in [0.29, 0.717) is 43.9 Å². The molecule has 2 unspecified atom stereocenters. The molecule has 2 aliphatic heterocycles. The van der Waals surface area contributed by atoms with Crippen LogP contribution < -0.4 is 18.9 Å². The Bertz CT molecular complexity index is 2060. The Balaban J connectivity index is 0.000000255. The number of ether oxygens (including phenoxy) is 6. The van der Waals surface area contributed by atoms with Crippen LogP contribution in [0.5, 0.6) is 23.0 Å². The van der Waals surface area contributed by atoms with Gasteiger partial charge in [-0.15, -0.1) is 9.18 Å². The number of benzene rings is 4. The van der Waals surface area contributed by atoms with E-state index in [1.807, 2.05) is 109 Å². The number of alkyl halides is 1. The fourth-order valence-corrected chi connectivity index (χ4v) is 5.59. The monoisotopic (exact) mass is 932 g/mol. The number of esters is 2. The molecule has 0 aromatic heterocycles. The zero-order chi connectivity index (χ0) is 44.5.